The molecular formula is C9H13NO3S. The van der Waals surface area contributed by atoms with Crippen LogP contribution in [-0.4, -0.2) is 23.7 Å². The zero-order valence-electron chi connectivity index (χ0n) is 7.68. The van der Waals surface area contributed by atoms with Gasteiger partial charge in [-0.3, -0.25) is 0 Å². The van der Waals surface area contributed by atoms with Crippen molar-refractivity contribution in [3.8, 4) is 0 Å². The molecule has 1 rings (SSSR count). The van der Waals surface area contributed by atoms with E-state index >= 15 is 0 Å². The number of carbonyl (C=O) groups is 1. The lowest BCUT2D eigenvalue weighted by atomic mass is 10.2. The Morgan fingerprint density at radius 3 is 3.07 bits per heavy atom. The molecular weight excluding hydrogens is 202 g/mol. The van der Waals surface area contributed by atoms with Gasteiger partial charge in [0.15, 0.2) is 6.10 Å². The van der Waals surface area contributed by atoms with Gasteiger partial charge in [0.05, 0.1) is 0 Å². The summed E-state index contributed by atoms with van der Waals surface area (Å²) in [6, 6.07) is 3.75. The Kier molecular flexibility index (Phi) is 4.58. The summed E-state index contributed by atoms with van der Waals surface area (Å²) >= 11 is 1.51. The van der Waals surface area contributed by atoms with Gasteiger partial charge in [-0.15, -0.1) is 11.3 Å². The number of hydrogen-bond acceptors (Lipinski definition) is 5. The highest BCUT2D eigenvalue weighted by Crippen LogP contribution is 2.10. The fraction of sp³-hybridized carbons (Fsp3) is 0.444. The number of ether oxygens (including phenoxy) is 1. The SMILES string of the molecule is NCC[C@H](O)C(=O)OCc1cccs1. The molecule has 1 atom stereocenters. The van der Waals surface area contributed by atoms with Crippen molar-refractivity contribution in [2.45, 2.75) is 19.1 Å². The second kappa shape index (κ2) is 5.74. The first-order valence-electron chi connectivity index (χ1n) is 4.31. The first kappa shape index (κ1) is 11.2. The Morgan fingerprint density at radius 2 is 2.50 bits per heavy atom. The van der Waals surface area contributed by atoms with Crippen LogP contribution in [-0.2, 0) is 16.1 Å². The Morgan fingerprint density at radius 1 is 1.71 bits per heavy atom. The molecule has 0 aliphatic carbocycles. The van der Waals surface area contributed by atoms with Crippen LogP contribution in [0.15, 0.2) is 17.5 Å². The van der Waals surface area contributed by atoms with E-state index in [1.807, 2.05) is 17.5 Å². The van der Waals surface area contributed by atoms with Crippen LogP contribution in [0.25, 0.3) is 0 Å². The molecule has 0 amide bonds. The highest BCUT2D eigenvalue weighted by Gasteiger charge is 2.15. The Labute approximate surface area is 86.3 Å². The zero-order chi connectivity index (χ0) is 10.4. The molecule has 78 valence electrons. The van der Waals surface area contributed by atoms with Crippen molar-refractivity contribution < 1.29 is 14.6 Å². The lowest BCUT2D eigenvalue weighted by molar-refractivity contribution is -0.155. The number of carbonyl (C=O) groups excluding carboxylic acids is 1. The van der Waals surface area contributed by atoms with Crippen molar-refractivity contribution in [1.29, 1.82) is 0 Å². The normalized spacial score (nSPS) is 12.4. The molecule has 0 spiro atoms. The minimum atomic E-state index is -1.10. The minimum Gasteiger partial charge on any atom is -0.458 e. The van der Waals surface area contributed by atoms with Gasteiger partial charge in [-0.1, -0.05) is 6.07 Å². The van der Waals surface area contributed by atoms with E-state index in [4.69, 9.17) is 10.5 Å². The Balaban J connectivity index is 2.27. The second-order valence-electron chi connectivity index (χ2n) is 2.78. The molecule has 14 heavy (non-hydrogen) atoms. The molecule has 0 bridgehead atoms. The molecule has 3 N–H and O–H groups in total. The zero-order valence-corrected chi connectivity index (χ0v) is 8.50. The fourth-order valence-electron chi connectivity index (χ4n) is 0.909. The van der Waals surface area contributed by atoms with Gasteiger partial charge < -0.3 is 15.6 Å². The van der Waals surface area contributed by atoms with Crippen molar-refractivity contribution in [2.75, 3.05) is 6.54 Å². The summed E-state index contributed by atoms with van der Waals surface area (Å²) in [5.74, 6) is -0.608. The average Bonchev–Trinajstić information content (AvgIpc) is 2.67. The molecule has 0 saturated heterocycles. The van der Waals surface area contributed by atoms with Gasteiger partial charge in [-0.2, -0.15) is 0 Å². The fourth-order valence-corrected chi connectivity index (χ4v) is 1.52. The van der Waals surface area contributed by atoms with Crippen molar-refractivity contribution in [3.63, 3.8) is 0 Å². The number of nitrogens with two attached hydrogens (primary N) is 1. The van der Waals surface area contributed by atoms with E-state index in [0.717, 1.165) is 4.88 Å². The lowest BCUT2D eigenvalue weighted by Gasteiger charge is -2.08. The van der Waals surface area contributed by atoms with Gasteiger partial charge in [-0.05, 0) is 24.4 Å². The highest BCUT2D eigenvalue weighted by atomic mass is 32.1. The Bertz CT molecular complexity index is 274. The standard InChI is InChI=1S/C9H13NO3S/c10-4-3-8(11)9(12)13-6-7-2-1-5-14-7/h1-2,5,8,11H,3-4,6,10H2/t8-/m0/s1. The van der Waals surface area contributed by atoms with E-state index in [9.17, 15) is 9.90 Å². The van der Waals surface area contributed by atoms with E-state index in [1.165, 1.54) is 11.3 Å². The molecule has 5 heteroatoms. The molecule has 0 aromatic carbocycles. The van der Waals surface area contributed by atoms with Gasteiger partial charge in [0.2, 0.25) is 0 Å². The minimum absolute atomic E-state index is 0.220. The van der Waals surface area contributed by atoms with Crippen molar-refractivity contribution in [2.24, 2.45) is 5.73 Å². The molecule has 0 radical (unpaired) electrons. The quantitative estimate of drug-likeness (QED) is 0.702. The van der Waals surface area contributed by atoms with Crippen LogP contribution in [0.4, 0.5) is 0 Å². The maximum absolute atomic E-state index is 11.1. The predicted octanol–water partition coefficient (Wildman–Crippen LogP) is 0.501. The van der Waals surface area contributed by atoms with Crippen LogP contribution in [0, 0.1) is 0 Å². The van der Waals surface area contributed by atoms with Crippen molar-refractivity contribution in [1.82, 2.24) is 0 Å². The summed E-state index contributed by atoms with van der Waals surface area (Å²) in [6.07, 6.45) is -0.858. The number of esters is 1. The molecule has 0 fully saturated rings. The number of rotatable bonds is 5. The molecule has 0 aliphatic heterocycles. The summed E-state index contributed by atoms with van der Waals surface area (Å²) in [7, 11) is 0. The topological polar surface area (TPSA) is 72.5 Å². The number of aliphatic hydroxyl groups is 1. The van der Waals surface area contributed by atoms with Gasteiger partial charge >= 0.3 is 5.97 Å². The third kappa shape index (κ3) is 3.45. The van der Waals surface area contributed by atoms with Gasteiger partial charge in [-0.25, -0.2) is 4.79 Å². The number of aliphatic hydroxyl groups excluding tert-OH is 1. The van der Waals surface area contributed by atoms with Crippen LogP contribution in [0.2, 0.25) is 0 Å². The number of thiophene rings is 1. The van der Waals surface area contributed by atoms with Gasteiger partial charge in [0.1, 0.15) is 6.61 Å². The first-order valence-corrected chi connectivity index (χ1v) is 5.19. The van der Waals surface area contributed by atoms with E-state index in [0.29, 0.717) is 0 Å². The van der Waals surface area contributed by atoms with Gasteiger partial charge in [0, 0.05) is 4.88 Å². The molecule has 0 saturated carbocycles. The third-order valence-corrected chi connectivity index (χ3v) is 2.50. The molecule has 0 unspecified atom stereocenters. The van der Waals surface area contributed by atoms with E-state index in [2.05, 4.69) is 0 Å². The Hall–Kier alpha value is -0.910. The van der Waals surface area contributed by atoms with Crippen LogP contribution >= 0.6 is 11.3 Å². The maximum Gasteiger partial charge on any atom is 0.335 e. The van der Waals surface area contributed by atoms with E-state index in [-0.39, 0.29) is 19.6 Å². The predicted molar refractivity (Wildman–Crippen MR) is 53.8 cm³/mol. The summed E-state index contributed by atoms with van der Waals surface area (Å²) < 4.78 is 4.87. The first-order chi connectivity index (χ1) is 6.74. The summed E-state index contributed by atoms with van der Waals surface area (Å²) in [5.41, 5.74) is 5.19. The van der Waals surface area contributed by atoms with Gasteiger partial charge in [0.25, 0.3) is 0 Å². The second-order valence-corrected chi connectivity index (χ2v) is 3.81. The average molecular weight is 215 g/mol. The molecule has 1 aromatic rings. The summed E-state index contributed by atoms with van der Waals surface area (Å²) in [5, 5.41) is 11.1. The van der Waals surface area contributed by atoms with Crippen molar-refractivity contribution >= 4 is 17.3 Å². The summed E-state index contributed by atoms with van der Waals surface area (Å²) in [4.78, 5) is 12.1. The monoisotopic (exact) mass is 215 g/mol. The van der Waals surface area contributed by atoms with E-state index < -0.39 is 12.1 Å². The van der Waals surface area contributed by atoms with E-state index in [1.54, 1.807) is 0 Å². The van der Waals surface area contributed by atoms with Crippen LogP contribution in [0.1, 0.15) is 11.3 Å². The maximum atomic E-state index is 11.1. The highest BCUT2D eigenvalue weighted by molar-refractivity contribution is 7.09. The molecule has 4 nitrogen and oxygen atoms in total. The largest absolute Gasteiger partial charge is 0.458 e. The molecule has 1 heterocycles. The van der Waals surface area contributed by atoms with Crippen LogP contribution in [0.5, 0.6) is 0 Å². The number of hydrogen-bond donors (Lipinski definition) is 2. The summed E-state index contributed by atoms with van der Waals surface area (Å²) in [6.45, 7) is 0.493. The smallest absolute Gasteiger partial charge is 0.335 e. The lowest BCUT2D eigenvalue weighted by Crippen LogP contribution is -2.25. The molecule has 1 aromatic heterocycles. The third-order valence-electron chi connectivity index (χ3n) is 1.65. The van der Waals surface area contributed by atoms with Crippen LogP contribution in [0.3, 0.4) is 0 Å². The van der Waals surface area contributed by atoms with Crippen molar-refractivity contribution in [3.05, 3.63) is 22.4 Å². The molecule has 0 aliphatic rings. The van der Waals surface area contributed by atoms with Crippen LogP contribution < -0.4 is 5.73 Å².